The minimum Gasteiger partial charge on any atom is -0.353 e. The zero-order valence-corrected chi connectivity index (χ0v) is 15.4. The molecule has 1 aliphatic heterocycles. The van der Waals surface area contributed by atoms with E-state index in [0.29, 0.717) is 11.1 Å². The van der Waals surface area contributed by atoms with Crippen LogP contribution in [0.1, 0.15) is 38.5 Å². The molecule has 0 fully saturated rings. The fourth-order valence-corrected chi connectivity index (χ4v) is 4.50. The van der Waals surface area contributed by atoms with Crippen LogP contribution in [-0.2, 0) is 4.79 Å². The number of nitrogens with zero attached hydrogens (tertiary/aromatic N) is 1. The van der Waals surface area contributed by atoms with Crippen LogP contribution in [0.15, 0.2) is 51.0 Å². The third-order valence-corrected chi connectivity index (χ3v) is 5.45. The van der Waals surface area contributed by atoms with Gasteiger partial charge in [0.05, 0.1) is 22.6 Å². The highest BCUT2D eigenvalue weighted by atomic mass is 32.2. The molecule has 0 spiro atoms. The molecule has 1 aromatic heterocycles. The zero-order chi connectivity index (χ0) is 17.0. The third-order valence-electron chi connectivity index (χ3n) is 3.57. The Labute approximate surface area is 145 Å². The van der Waals surface area contributed by atoms with Gasteiger partial charge < -0.3 is 5.32 Å². The van der Waals surface area contributed by atoms with Crippen molar-refractivity contribution in [2.75, 3.05) is 5.75 Å². The molecule has 0 radical (unpaired) electrons. The van der Waals surface area contributed by atoms with Gasteiger partial charge >= 0.3 is 0 Å². The molecule has 2 heterocycles. The number of hydrogen-bond donors (Lipinski definition) is 1. The van der Waals surface area contributed by atoms with E-state index in [0.717, 1.165) is 21.4 Å². The van der Waals surface area contributed by atoms with E-state index in [2.05, 4.69) is 31.3 Å². The molecule has 0 saturated heterocycles. The van der Waals surface area contributed by atoms with Gasteiger partial charge in [-0.25, -0.2) is 0 Å². The van der Waals surface area contributed by atoms with E-state index in [4.69, 9.17) is 0 Å². The number of dihydropyridines is 1. The summed E-state index contributed by atoms with van der Waals surface area (Å²) in [7, 11) is 0. The highest BCUT2D eigenvalue weighted by molar-refractivity contribution is 8.03. The Kier molecular flexibility index (Phi) is 5.86. The lowest BCUT2D eigenvalue weighted by atomic mass is 9.85. The molecule has 5 heteroatoms. The molecule has 1 atom stereocenters. The predicted octanol–water partition coefficient (Wildman–Crippen LogP) is 4.73. The van der Waals surface area contributed by atoms with E-state index < -0.39 is 0 Å². The molecule has 0 aliphatic carbocycles. The van der Waals surface area contributed by atoms with Crippen LogP contribution in [0.25, 0.3) is 0 Å². The highest BCUT2D eigenvalue weighted by Crippen LogP contribution is 2.42. The Morgan fingerprint density at radius 3 is 2.74 bits per heavy atom. The summed E-state index contributed by atoms with van der Waals surface area (Å²) in [6, 6.07) is 6.28. The maximum absolute atomic E-state index is 12.1. The number of hydrogen-bond acceptors (Lipinski definition) is 5. The Hall–Kier alpha value is -1.77. The van der Waals surface area contributed by atoms with Gasteiger partial charge in [-0.1, -0.05) is 17.7 Å². The lowest BCUT2D eigenvalue weighted by molar-refractivity contribution is -0.113. The fraction of sp³-hybridized carbons (Fsp3) is 0.333. The van der Waals surface area contributed by atoms with Gasteiger partial charge in [0.1, 0.15) is 0 Å². The van der Waals surface area contributed by atoms with E-state index >= 15 is 0 Å². The Morgan fingerprint density at radius 2 is 2.22 bits per heavy atom. The van der Waals surface area contributed by atoms with Gasteiger partial charge in [0, 0.05) is 21.9 Å². The number of thiophene rings is 1. The first-order valence-electron chi connectivity index (χ1n) is 7.38. The van der Waals surface area contributed by atoms with Crippen LogP contribution in [0.5, 0.6) is 0 Å². The van der Waals surface area contributed by atoms with Crippen molar-refractivity contribution in [2.45, 2.75) is 33.6 Å². The van der Waals surface area contributed by atoms with Crippen molar-refractivity contribution >= 4 is 28.9 Å². The van der Waals surface area contributed by atoms with Crippen molar-refractivity contribution in [1.82, 2.24) is 5.32 Å². The zero-order valence-electron chi connectivity index (χ0n) is 13.8. The Balaban J connectivity index is 2.47. The molecule has 0 aromatic carbocycles. The van der Waals surface area contributed by atoms with Gasteiger partial charge in [-0.05, 0) is 39.1 Å². The van der Waals surface area contributed by atoms with Crippen LogP contribution < -0.4 is 5.32 Å². The van der Waals surface area contributed by atoms with Crippen molar-refractivity contribution in [3.8, 4) is 6.07 Å². The first kappa shape index (κ1) is 17.6. The summed E-state index contributed by atoms with van der Waals surface area (Å²) in [6.45, 7) is 7.59. The number of ketones is 1. The number of Topliss-reactive ketones (excluding diaryl/α,β-unsaturated/α-hetero) is 1. The predicted molar refractivity (Wildman–Crippen MR) is 98.1 cm³/mol. The summed E-state index contributed by atoms with van der Waals surface area (Å²) >= 11 is 3.19. The topological polar surface area (TPSA) is 52.9 Å². The number of nitriles is 1. The average Bonchev–Trinajstić information content (AvgIpc) is 2.99. The largest absolute Gasteiger partial charge is 0.353 e. The van der Waals surface area contributed by atoms with Crippen LogP contribution in [0, 0.1) is 11.3 Å². The van der Waals surface area contributed by atoms with Crippen LogP contribution >= 0.6 is 23.1 Å². The summed E-state index contributed by atoms with van der Waals surface area (Å²) < 4.78 is 0. The maximum Gasteiger partial charge on any atom is 0.158 e. The third kappa shape index (κ3) is 3.95. The molecule has 3 nitrogen and oxygen atoms in total. The second kappa shape index (κ2) is 7.67. The quantitative estimate of drug-likeness (QED) is 0.784. The van der Waals surface area contributed by atoms with E-state index in [1.165, 1.54) is 5.57 Å². The monoisotopic (exact) mass is 344 g/mol. The second-order valence-corrected chi connectivity index (χ2v) is 7.62. The van der Waals surface area contributed by atoms with Crippen molar-refractivity contribution in [3.05, 3.63) is 55.9 Å². The lowest BCUT2D eigenvalue weighted by Crippen LogP contribution is -2.26. The normalized spacial score (nSPS) is 17.6. The first-order valence-corrected chi connectivity index (χ1v) is 9.24. The van der Waals surface area contributed by atoms with Gasteiger partial charge in [-0.15, -0.1) is 23.1 Å². The number of rotatable bonds is 5. The van der Waals surface area contributed by atoms with E-state index in [1.807, 2.05) is 24.4 Å². The average molecular weight is 345 g/mol. The molecule has 1 aliphatic rings. The molecule has 1 unspecified atom stereocenters. The van der Waals surface area contributed by atoms with Gasteiger partial charge in [0.2, 0.25) is 0 Å². The SMILES string of the molecule is CC(=O)C1=C(C)NC(SCC=C(C)C)=C(C#N)C1c1cccs1. The number of nitrogens with one attached hydrogen (secondary N) is 1. The summed E-state index contributed by atoms with van der Waals surface area (Å²) in [6.07, 6.45) is 2.13. The van der Waals surface area contributed by atoms with Crippen LogP contribution in [0.4, 0.5) is 0 Å². The summed E-state index contributed by atoms with van der Waals surface area (Å²) in [5.74, 6) is 0.554. The Bertz CT molecular complexity index is 730. The summed E-state index contributed by atoms with van der Waals surface area (Å²) in [5.41, 5.74) is 3.42. The van der Waals surface area contributed by atoms with Gasteiger partial charge in [0.25, 0.3) is 0 Å². The van der Waals surface area contributed by atoms with Gasteiger partial charge in [-0.3, -0.25) is 4.79 Å². The van der Waals surface area contributed by atoms with Gasteiger partial charge in [-0.2, -0.15) is 5.26 Å². The molecule has 0 bridgehead atoms. The molecule has 23 heavy (non-hydrogen) atoms. The molecule has 0 saturated carbocycles. The first-order chi connectivity index (χ1) is 11.0. The Morgan fingerprint density at radius 1 is 1.48 bits per heavy atom. The summed E-state index contributed by atoms with van der Waals surface area (Å²) in [4.78, 5) is 13.2. The lowest BCUT2D eigenvalue weighted by Gasteiger charge is -2.28. The number of allylic oxidation sites excluding steroid dienone is 4. The van der Waals surface area contributed by atoms with Crippen LogP contribution in [0.3, 0.4) is 0 Å². The molecule has 2 rings (SSSR count). The smallest absolute Gasteiger partial charge is 0.158 e. The molecule has 120 valence electrons. The molecular formula is C18H20N2OS2. The fourth-order valence-electron chi connectivity index (χ4n) is 2.53. The van der Waals surface area contributed by atoms with Crippen LogP contribution in [0.2, 0.25) is 0 Å². The van der Waals surface area contributed by atoms with Crippen molar-refractivity contribution in [2.24, 2.45) is 0 Å². The molecule has 1 N–H and O–H groups in total. The minimum absolute atomic E-state index is 0.00879. The van der Waals surface area contributed by atoms with Gasteiger partial charge in [0.15, 0.2) is 5.78 Å². The number of thioether (sulfide) groups is 1. The van der Waals surface area contributed by atoms with Crippen LogP contribution in [-0.4, -0.2) is 11.5 Å². The maximum atomic E-state index is 12.1. The van der Waals surface area contributed by atoms with E-state index in [1.54, 1.807) is 30.0 Å². The molecule has 0 amide bonds. The number of carbonyl (C=O) groups excluding carboxylic acids is 1. The number of carbonyl (C=O) groups is 1. The molecule has 1 aromatic rings. The van der Waals surface area contributed by atoms with Crippen molar-refractivity contribution < 1.29 is 4.79 Å². The van der Waals surface area contributed by atoms with E-state index in [9.17, 15) is 10.1 Å². The highest BCUT2D eigenvalue weighted by Gasteiger charge is 2.33. The second-order valence-electron chi connectivity index (χ2n) is 5.62. The standard InChI is InChI=1S/C18H20N2OS2/c1-11(2)7-9-23-18-14(10-19)17(15-6-5-8-22-15)16(13(4)21)12(3)20-18/h5-8,17,20H,9H2,1-4H3. The minimum atomic E-state index is -0.257. The van der Waals surface area contributed by atoms with Crippen molar-refractivity contribution in [3.63, 3.8) is 0 Å². The van der Waals surface area contributed by atoms with Crippen molar-refractivity contribution in [1.29, 1.82) is 5.26 Å². The summed E-state index contributed by atoms with van der Waals surface area (Å²) in [5, 5.41) is 15.8. The van der Waals surface area contributed by atoms with E-state index in [-0.39, 0.29) is 11.7 Å². The molecular weight excluding hydrogens is 324 g/mol.